The van der Waals surface area contributed by atoms with Crippen molar-refractivity contribution in [3.63, 3.8) is 0 Å². The van der Waals surface area contributed by atoms with Gasteiger partial charge in [0.15, 0.2) is 0 Å². The van der Waals surface area contributed by atoms with Crippen molar-refractivity contribution in [3.8, 4) is 16.9 Å². The smallest absolute Gasteiger partial charge is 0.406 e. The molecule has 1 saturated carbocycles. The molecule has 0 saturated heterocycles. The van der Waals surface area contributed by atoms with Crippen molar-refractivity contribution >= 4 is 10.8 Å². The highest BCUT2D eigenvalue weighted by molar-refractivity contribution is 5.88. The second-order valence-electron chi connectivity index (χ2n) is 8.99. The minimum atomic E-state index is -4.78. The molecule has 0 amide bonds. The molecule has 0 spiro atoms. The quantitative estimate of drug-likeness (QED) is 0.332. The molecule has 1 aliphatic carbocycles. The number of rotatable bonds is 6. The third-order valence-corrected chi connectivity index (χ3v) is 6.68. The lowest BCUT2D eigenvalue weighted by molar-refractivity contribution is -0.274. The molecule has 3 aromatic rings. The summed E-state index contributed by atoms with van der Waals surface area (Å²) in [5, 5.41) is 1.05. The Morgan fingerprint density at radius 2 is 1.48 bits per heavy atom. The Labute approximate surface area is 190 Å². The van der Waals surface area contributed by atoms with Crippen LogP contribution in [-0.4, -0.2) is 6.36 Å². The van der Waals surface area contributed by atoms with Gasteiger partial charge < -0.3 is 4.74 Å². The lowest BCUT2D eigenvalue weighted by Gasteiger charge is -2.29. The molecule has 6 heteroatoms. The minimum Gasteiger partial charge on any atom is -0.406 e. The van der Waals surface area contributed by atoms with Gasteiger partial charge >= 0.3 is 6.36 Å². The van der Waals surface area contributed by atoms with E-state index < -0.39 is 18.0 Å². The Kier molecular flexibility index (Phi) is 6.91. The molecule has 1 aliphatic rings. The van der Waals surface area contributed by atoms with Crippen LogP contribution >= 0.6 is 0 Å². The lowest BCUT2D eigenvalue weighted by atomic mass is 9.77. The number of hydrogen-bond donors (Lipinski definition) is 0. The molecule has 0 aliphatic heterocycles. The summed E-state index contributed by atoms with van der Waals surface area (Å²) in [5.74, 6) is -0.683. The Bertz CT molecular complexity index is 1090. The van der Waals surface area contributed by atoms with Crippen molar-refractivity contribution in [1.29, 1.82) is 0 Å². The van der Waals surface area contributed by atoms with E-state index in [9.17, 15) is 13.2 Å². The Morgan fingerprint density at radius 3 is 2.12 bits per heavy atom. The van der Waals surface area contributed by atoms with Crippen LogP contribution in [0.5, 0.6) is 5.75 Å². The van der Waals surface area contributed by atoms with Gasteiger partial charge in [-0.05, 0) is 89.8 Å². The third-order valence-electron chi connectivity index (χ3n) is 6.68. The molecule has 4 rings (SSSR count). The van der Waals surface area contributed by atoms with Crippen LogP contribution < -0.4 is 4.74 Å². The Hall–Kier alpha value is -2.63. The highest BCUT2D eigenvalue weighted by atomic mass is 19.4. The summed E-state index contributed by atoms with van der Waals surface area (Å²) in [7, 11) is 0. The normalized spacial score (nSPS) is 19.1. The van der Waals surface area contributed by atoms with Crippen molar-refractivity contribution in [1.82, 2.24) is 0 Å². The summed E-state index contributed by atoms with van der Waals surface area (Å²) in [6.07, 6.45) is 2.97. The van der Waals surface area contributed by atoms with Gasteiger partial charge in [-0.2, -0.15) is 0 Å². The first kappa shape index (κ1) is 23.5. The molecule has 3 aromatic carbocycles. The second kappa shape index (κ2) is 9.70. The molecule has 0 atom stereocenters. The zero-order chi connectivity index (χ0) is 23.6. The number of benzene rings is 3. The SMILES string of the molecule is CCCCC1CCC(c2cc(F)c(-c3ccc4cc(OC(F)(F)F)ccc4c3)c(F)c2)CC1. The molecule has 1 nitrogen and oxygen atoms in total. The van der Waals surface area contributed by atoms with E-state index >= 15 is 8.78 Å². The van der Waals surface area contributed by atoms with E-state index in [1.165, 1.54) is 61.7 Å². The predicted octanol–water partition coefficient (Wildman–Crippen LogP) is 9.15. The summed E-state index contributed by atoms with van der Waals surface area (Å²) >= 11 is 0. The van der Waals surface area contributed by atoms with Crippen LogP contribution in [0, 0.1) is 17.6 Å². The Balaban J connectivity index is 1.55. The van der Waals surface area contributed by atoms with E-state index in [4.69, 9.17) is 0 Å². The molecule has 0 aromatic heterocycles. The van der Waals surface area contributed by atoms with Crippen molar-refractivity contribution in [3.05, 3.63) is 65.7 Å². The minimum absolute atomic E-state index is 0.118. The van der Waals surface area contributed by atoms with Crippen LogP contribution in [0.15, 0.2) is 48.5 Å². The van der Waals surface area contributed by atoms with Gasteiger partial charge in [0.05, 0.1) is 5.56 Å². The predicted molar refractivity (Wildman–Crippen MR) is 120 cm³/mol. The van der Waals surface area contributed by atoms with Gasteiger partial charge in [-0.1, -0.05) is 44.4 Å². The van der Waals surface area contributed by atoms with Crippen molar-refractivity contribution in [2.45, 2.75) is 64.1 Å². The Morgan fingerprint density at radius 1 is 0.848 bits per heavy atom. The summed E-state index contributed by atoms with van der Waals surface area (Å²) < 4.78 is 71.4. The van der Waals surface area contributed by atoms with Crippen molar-refractivity contribution in [2.75, 3.05) is 0 Å². The molecule has 0 radical (unpaired) electrons. The van der Waals surface area contributed by atoms with Gasteiger partial charge in [0.25, 0.3) is 0 Å². The largest absolute Gasteiger partial charge is 0.573 e. The number of unbranched alkanes of at least 4 members (excludes halogenated alkanes) is 1. The number of alkyl halides is 3. The first-order valence-corrected chi connectivity index (χ1v) is 11.5. The van der Waals surface area contributed by atoms with Crippen LogP contribution in [-0.2, 0) is 0 Å². The molecule has 33 heavy (non-hydrogen) atoms. The molecular formula is C27H27F5O. The maximum atomic E-state index is 15.1. The van der Waals surface area contributed by atoms with E-state index in [2.05, 4.69) is 11.7 Å². The topological polar surface area (TPSA) is 9.23 Å². The van der Waals surface area contributed by atoms with E-state index in [0.717, 1.165) is 31.6 Å². The number of ether oxygens (including phenoxy) is 1. The van der Waals surface area contributed by atoms with E-state index in [1.807, 2.05) is 0 Å². The fraction of sp³-hybridized carbons (Fsp3) is 0.407. The summed E-state index contributed by atoms with van der Waals surface area (Å²) in [6.45, 7) is 2.19. The van der Waals surface area contributed by atoms with Crippen LogP contribution in [0.3, 0.4) is 0 Å². The van der Waals surface area contributed by atoms with E-state index in [-0.39, 0.29) is 17.2 Å². The summed E-state index contributed by atoms with van der Waals surface area (Å²) in [5.41, 5.74) is 0.933. The van der Waals surface area contributed by atoms with E-state index in [0.29, 0.717) is 21.9 Å². The zero-order valence-electron chi connectivity index (χ0n) is 18.5. The first-order chi connectivity index (χ1) is 15.7. The van der Waals surface area contributed by atoms with Gasteiger partial charge in [-0.25, -0.2) is 8.78 Å². The van der Waals surface area contributed by atoms with Gasteiger partial charge in [0.1, 0.15) is 17.4 Å². The molecule has 0 bridgehead atoms. The molecular weight excluding hydrogens is 435 g/mol. The number of halogens is 5. The van der Waals surface area contributed by atoms with Gasteiger partial charge in [-0.3, -0.25) is 0 Å². The highest BCUT2D eigenvalue weighted by Gasteiger charge is 2.31. The van der Waals surface area contributed by atoms with Crippen LogP contribution in [0.4, 0.5) is 22.0 Å². The maximum absolute atomic E-state index is 15.1. The van der Waals surface area contributed by atoms with Crippen molar-refractivity contribution in [2.24, 2.45) is 5.92 Å². The summed E-state index contributed by atoms with van der Waals surface area (Å²) in [6, 6.07) is 11.4. The standard InChI is InChI=1S/C27H27F5O/c1-2-3-4-17-5-7-18(8-6-17)22-15-24(28)26(25(29)16-22)21-10-9-20-14-23(33-27(30,31)32)12-11-19(20)13-21/h9-18H,2-8H2,1H3. The molecule has 0 N–H and O–H groups in total. The monoisotopic (exact) mass is 462 g/mol. The second-order valence-corrected chi connectivity index (χ2v) is 8.99. The van der Waals surface area contributed by atoms with Gasteiger partial charge in [0, 0.05) is 0 Å². The highest BCUT2D eigenvalue weighted by Crippen LogP contribution is 2.40. The molecule has 0 heterocycles. The van der Waals surface area contributed by atoms with Crippen LogP contribution in [0.25, 0.3) is 21.9 Å². The average molecular weight is 463 g/mol. The average Bonchev–Trinajstić information content (AvgIpc) is 2.76. The number of hydrogen-bond acceptors (Lipinski definition) is 1. The van der Waals surface area contributed by atoms with E-state index in [1.54, 1.807) is 6.07 Å². The van der Waals surface area contributed by atoms with Crippen LogP contribution in [0.2, 0.25) is 0 Å². The van der Waals surface area contributed by atoms with Crippen LogP contribution in [0.1, 0.15) is 63.4 Å². The summed E-state index contributed by atoms with van der Waals surface area (Å²) in [4.78, 5) is 0. The molecule has 176 valence electrons. The molecule has 1 fully saturated rings. The lowest BCUT2D eigenvalue weighted by Crippen LogP contribution is -2.16. The fourth-order valence-corrected chi connectivity index (χ4v) is 4.96. The third kappa shape index (κ3) is 5.66. The van der Waals surface area contributed by atoms with Gasteiger partial charge in [0.2, 0.25) is 0 Å². The molecule has 0 unspecified atom stereocenters. The van der Waals surface area contributed by atoms with Gasteiger partial charge in [-0.15, -0.1) is 13.2 Å². The van der Waals surface area contributed by atoms with Crippen molar-refractivity contribution < 1.29 is 26.7 Å². The zero-order valence-corrected chi connectivity index (χ0v) is 18.5. The maximum Gasteiger partial charge on any atom is 0.573 e. The first-order valence-electron chi connectivity index (χ1n) is 11.5. The fourth-order valence-electron chi connectivity index (χ4n) is 4.96. The number of fused-ring (bicyclic) bond motifs is 1.